The second kappa shape index (κ2) is 3.77. The number of hydrogen-bond acceptors (Lipinski definition) is 1. The predicted molar refractivity (Wildman–Crippen MR) is 40.8 cm³/mol. The van der Waals surface area contributed by atoms with Crippen LogP contribution in [-0.2, 0) is 4.79 Å². The number of carbonyl (C=O) groups is 1. The van der Waals surface area contributed by atoms with Crippen molar-refractivity contribution in [2.45, 2.75) is 12.8 Å². The smallest absolute Gasteiger partial charge is 0.197 e. The lowest BCUT2D eigenvalue weighted by atomic mass is 10.0. The van der Waals surface area contributed by atoms with Crippen LogP contribution >= 0.6 is 0 Å². The van der Waals surface area contributed by atoms with Gasteiger partial charge in [-0.1, -0.05) is 6.92 Å². The van der Waals surface area contributed by atoms with Crippen molar-refractivity contribution in [2.24, 2.45) is 0 Å². The predicted octanol–water partition coefficient (Wildman–Crippen LogP) is 2.55. The fraction of sp³-hybridized carbons (Fsp3) is 0.222. The molecule has 0 radical (unpaired) electrons. The monoisotopic (exact) mass is 206 g/mol. The van der Waals surface area contributed by atoms with Crippen molar-refractivity contribution in [1.82, 2.24) is 0 Å². The molecule has 0 amide bonds. The highest BCUT2D eigenvalue weighted by atomic mass is 19.2. The molecule has 0 fully saturated rings. The number of benzene rings is 1. The van der Waals surface area contributed by atoms with E-state index in [2.05, 4.69) is 0 Å². The van der Waals surface area contributed by atoms with Crippen LogP contribution in [0.4, 0.5) is 17.6 Å². The van der Waals surface area contributed by atoms with Crippen molar-refractivity contribution < 1.29 is 22.4 Å². The Labute approximate surface area is 77.3 Å². The zero-order chi connectivity index (χ0) is 10.9. The maximum absolute atomic E-state index is 12.9. The number of hydrogen-bond donors (Lipinski definition) is 0. The van der Waals surface area contributed by atoms with Gasteiger partial charge in [-0.25, -0.2) is 17.6 Å². The van der Waals surface area contributed by atoms with E-state index in [1.807, 2.05) is 0 Å². The molecule has 0 saturated heterocycles. The molecule has 0 aliphatic carbocycles. The lowest BCUT2D eigenvalue weighted by molar-refractivity contribution is -0.108. The van der Waals surface area contributed by atoms with Crippen LogP contribution < -0.4 is 0 Å². The fourth-order valence-corrected chi connectivity index (χ4v) is 0.996. The zero-order valence-corrected chi connectivity index (χ0v) is 7.15. The fourth-order valence-electron chi connectivity index (χ4n) is 0.996. The number of halogens is 4. The van der Waals surface area contributed by atoms with Gasteiger partial charge in [-0.15, -0.1) is 0 Å². The van der Waals surface area contributed by atoms with E-state index in [9.17, 15) is 22.4 Å². The Balaban J connectivity index is 3.40. The van der Waals surface area contributed by atoms with Gasteiger partial charge in [0.2, 0.25) is 0 Å². The molecule has 0 aliphatic heterocycles. The molecular formula is C9H6F4O. The first kappa shape index (κ1) is 10.7. The minimum absolute atomic E-state index is 0.315. The summed E-state index contributed by atoms with van der Waals surface area (Å²) in [5, 5.41) is 0. The second-order valence-electron chi connectivity index (χ2n) is 2.81. The minimum Gasteiger partial charge on any atom is -0.303 e. The third-order valence-electron chi connectivity index (χ3n) is 1.83. The maximum Gasteiger partial charge on any atom is 0.197 e. The van der Waals surface area contributed by atoms with Crippen LogP contribution in [-0.4, -0.2) is 6.29 Å². The number of carbonyl (C=O) groups excluding carboxylic acids is 1. The van der Waals surface area contributed by atoms with Gasteiger partial charge in [0.15, 0.2) is 23.3 Å². The Morgan fingerprint density at radius 3 is 2.21 bits per heavy atom. The second-order valence-corrected chi connectivity index (χ2v) is 2.81. The standard InChI is InChI=1S/C9H6F4O/c1-4(3-14)5-2-6(10)8(12)9(13)7(5)11/h2-4H,1H3. The molecule has 1 aromatic carbocycles. The van der Waals surface area contributed by atoms with Crippen LogP contribution in [0.3, 0.4) is 0 Å². The van der Waals surface area contributed by atoms with Gasteiger partial charge in [0.25, 0.3) is 0 Å². The van der Waals surface area contributed by atoms with Gasteiger partial charge in [0.05, 0.1) is 0 Å². The number of aldehydes is 1. The molecular weight excluding hydrogens is 200 g/mol. The van der Waals surface area contributed by atoms with Crippen molar-refractivity contribution in [3.63, 3.8) is 0 Å². The van der Waals surface area contributed by atoms with Gasteiger partial charge in [0.1, 0.15) is 6.29 Å². The molecule has 0 saturated carbocycles. The van der Waals surface area contributed by atoms with E-state index in [0.717, 1.165) is 0 Å². The van der Waals surface area contributed by atoms with Crippen LogP contribution in [0.25, 0.3) is 0 Å². The van der Waals surface area contributed by atoms with Crippen LogP contribution in [0.2, 0.25) is 0 Å². The first-order valence-electron chi connectivity index (χ1n) is 3.77. The highest BCUT2D eigenvalue weighted by Crippen LogP contribution is 2.23. The number of rotatable bonds is 2. The van der Waals surface area contributed by atoms with Crippen LogP contribution in [0.1, 0.15) is 18.4 Å². The summed E-state index contributed by atoms with van der Waals surface area (Å²) in [5.74, 6) is -7.81. The molecule has 0 bridgehead atoms. The average molecular weight is 206 g/mol. The molecule has 1 aromatic rings. The van der Waals surface area contributed by atoms with Gasteiger partial charge < -0.3 is 4.79 Å². The lowest BCUT2D eigenvalue weighted by Gasteiger charge is -2.07. The molecule has 76 valence electrons. The highest BCUT2D eigenvalue weighted by Gasteiger charge is 2.21. The van der Waals surface area contributed by atoms with E-state index in [1.165, 1.54) is 6.92 Å². The minimum atomic E-state index is -1.89. The molecule has 1 rings (SSSR count). The van der Waals surface area contributed by atoms with E-state index < -0.39 is 34.8 Å². The molecule has 0 N–H and O–H groups in total. The Morgan fingerprint density at radius 2 is 1.71 bits per heavy atom. The molecule has 1 nitrogen and oxygen atoms in total. The summed E-state index contributed by atoms with van der Waals surface area (Å²) < 4.78 is 50.7. The van der Waals surface area contributed by atoms with E-state index in [-0.39, 0.29) is 0 Å². The Hall–Kier alpha value is -1.39. The van der Waals surface area contributed by atoms with E-state index in [4.69, 9.17) is 0 Å². The largest absolute Gasteiger partial charge is 0.303 e. The van der Waals surface area contributed by atoms with Crippen molar-refractivity contribution >= 4 is 6.29 Å². The van der Waals surface area contributed by atoms with Gasteiger partial charge in [-0.05, 0) is 6.07 Å². The summed E-state index contributed by atoms with van der Waals surface area (Å²) in [5.41, 5.74) is -0.489. The van der Waals surface area contributed by atoms with E-state index in [1.54, 1.807) is 0 Å². The Kier molecular flexibility index (Phi) is 2.88. The molecule has 0 spiro atoms. The first-order valence-corrected chi connectivity index (χ1v) is 3.77. The summed E-state index contributed by atoms with van der Waals surface area (Å²) in [6.07, 6.45) is 0.315. The molecule has 1 atom stereocenters. The SMILES string of the molecule is CC(C=O)c1cc(F)c(F)c(F)c1F. The summed E-state index contributed by atoms with van der Waals surface area (Å²) in [6, 6.07) is 0.479. The summed E-state index contributed by atoms with van der Waals surface area (Å²) in [6.45, 7) is 1.25. The summed E-state index contributed by atoms with van der Waals surface area (Å²) >= 11 is 0. The van der Waals surface area contributed by atoms with Gasteiger partial charge in [-0.2, -0.15) is 0 Å². The Bertz CT molecular complexity index is 376. The molecule has 14 heavy (non-hydrogen) atoms. The average Bonchev–Trinajstić information content (AvgIpc) is 2.19. The lowest BCUT2D eigenvalue weighted by Crippen LogP contribution is -2.05. The third-order valence-corrected chi connectivity index (χ3v) is 1.83. The van der Waals surface area contributed by atoms with E-state index >= 15 is 0 Å². The summed E-state index contributed by atoms with van der Waals surface area (Å²) in [4.78, 5) is 10.3. The topological polar surface area (TPSA) is 17.1 Å². The van der Waals surface area contributed by atoms with Gasteiger partial charge in [0, 0.05) is 11.5 Å². The quantitative estimate of drug-likeness (QED) is 0.314. The normalized spacial score (nSPS) is 12.6. The van der Waals surface area contributed by atoms with Crippen LogP contribution in [0.15, 0.2) is 6.07 Å². The Morgan fingerprint density at radius 1 is 1.14 bits per heavy atom. The highest BCUT2D eigenvalue weighted by molar-refractivity contribution is 5.61. The van der Waals surface area contributed by atoms with Crippen LogP contribution in [0, 0.1) is 23.3 Å². The van der Waals surface area contributed by atoms with Crippen molar-refractivity contribution in [1.29, 1.82) is 0 Å². The molecule has 0 aromatic heterocycles. The molecule has 1 unspecified atom stereocenters. The van der Waals surface area contributed by atoms with Gasteiger partial charge >= 0.3 is 0 Å². The summed E-state index contributed by atoms with van der Waals surface area (Å²) in [7, 11) is 0. The molecule has 0 aliphatic rings. The maximum atomic E-state index is 12.9. The molecule has 0 heterocycles. The van der Waals surface area contributed by atoms with Crippen LogP contribution in [0.5, 0.6) is 0 Å². The third kappa shape index (κ3) is 1.62. The first-order chi connectivity index (χ1) is 6.49. The van der Waals surface area contributed by atoms with Crippen molar-refractivity contribution in [3.05, 3.63) is 34.9 Å². The van der Waals surface area contributed by atoms with E-state index in [0.29, 0.717) is 12.4 Å². The zero-order valence-electron chi connectivity index (χ0n) is 7.15. The van der Waals surface area contributed by atoms with Gasteiger partial charge in [-0.3, -0.25) is 0 Å². The molecule has 5 heteroatoms. The van der Waals surface area contributed by atoms with Crippen molar-refractivity contribution in [3.8, 4) is 0 Å². The van der Waals surface area contributed by atoms with Crippen molar-refractivity contribution in [2.75, 3.05) is 0 Å².